The van der Waals surface area contributed by atoms with Crippen molar-refractivity contribution in [1.29, 1.82) is 0 Å². The second-order valence-electron chi connectivity index (χ2n) is 4.37. The summed E-state index contributed by atoms with van der Waals surface area (Å²) in [6.07, 6.45) is 0.860. The smallest absolute Gasteiger partial charge is 0.181 e. The van der Waals surface area contributed by atoms with Gasteiger partial charge in [-0.25, -0.2) is 4.98 Å². The molecule has 90 valence electrons. The van der Waals surface area contributed by atoms with Gasteiger partial charge in [0.15, 0.2) is 5.82 Å². The van der Waals surface area contributed by atoms with Crippen LogP contribution in [-0.2, 0) is 6.42 Å². The number of hydrogen-bond donors (Lipinski definition) is 2. The van der Waals surface area contributed by atoms with Crippen molar-refractivity contribution in [3.05, 3.63) is 29.0 Å². The molecule has 0 amide bonds. The lowest BCUT2D eigenvalue weighted by atomic mass is 10.1. The Morgan fingerprint density at radius 1 is 1.41 bits per heavy atom. The number of aromatic hydroxyl groups is 1. The van der Waals surface area contributed by atoms with Crippen molar-refractivity contribution in [2.24, 2.45) is 5.92 Å². The molecule has 0 fully saturated rings. The molecule has 0 saturated heterocycles. The lowest BCUT2D eigenvalue weighted by Crippen LogP contribution is -1.95. The van der Waals surface area contributed by atoms with E-state index in [1.54, 1.807) is 12.1 Å². The van der Waals surface area contributed by atoms with Crippen LogP contribution in [-0.4, -0.2) is 20.3 Å². The Morgan fingerprint density at radius 2 is 2.18 bits per heavy atom. The molecule has 0 radical (unpaired) electrons. The predicted molar refractivity (Wildman–Crippen MR) is 67.0 cm³/mol. The van der Waals surface area contributed by atoms with Crippen molar-refractivity contribution in [1.82, 2.24) is 15.2 Å². The standard InChI is InChI=1S/C12H14ClN3O/c1-7(2)5-11-14-12(16-15-11)8-3-4-10(17)9(13)6-8/h3-4,6-7,17H,5H2,1-2H3,(H,14,15,16). The molecule has 0 bridgehead atoms. The first-order valence-corrected chi connectivity index (χ1v) is 5.84. The number of nitrogens with zero attached hydrogens (tertiary/aromatic N) is 2. The van der Waals surface area contributed by atoms with E-state index in [9.17, 15) is 5.11 Å². The summed E-state index contributed by atoms with van der Waals surface area (Å²) in [6.45, 7) is 4.25. The number of aromatic nitrogens is 3. The van der Waals surface area contributed by atoms with Crippen LogP contribution in [0.5, 0.6) is 5.75 Å². The molecule has 2 N–H and O–H groups in total. The third kappa shape index (κ3) is 2.77. The minimum Gasteiger partial charge on any atom is -0.506 e. The highest BCUT2D eigenvalue weighted by atomic mass is 35.5. The fourth-order valence-electron chi connectivity index (χ4n) is 1.55. The molecule has 0 unspecified atom stereocenters. The molecule has 0 aliphatic heterocycles. The Morgan fingerprint density at radius 3 is 2.82 bits per heavy atom. The number of aromatic amines is 1. The molecular weight excluding hydrogens is 238 g/mol. The topological polar surface area (TPSA) is 61.8 Å². The predicted octanol–water partition coefficient (Wildman–Crippen LogP) is 3.03. The Hall–Kier alpha value is -1.55. The first kappa shape index (κ1) is 11.9. The first-order valence-electron chi connectivity index (χ1n) is 5.46. The number of phenols is 1. The fraction of sp³-hybridized carbons (Fsp3) is 0.333. The van der Waals surface area contributed by atoms with Gasteiger partial charge >= 0.3 is 0 Å². The number of benzene rings is 1. The highest BCUT2D eigenvalue weighted by Gasteiger charge is 2.09. The molecule has 1 heterocycles. The maximum Gasteiger partial charge on any atom is 0.181 e. The zero-order valence-electron chi connectivity index (χ0n) is 9.74. The minimum absolute atomic E-state index is 0.0633. The highest BCUT2D eigenvalue weighted by molar-refractivity contribution is 6.32. The SMILES string of the molecule is CC(C)Cc1nc(-c2ccc(O)c(Cl)c2)n[nH]1. The van der Waals surface area contributed by atoms with Crippen LogP contribution in [0.25, 0.3) is 11.4 Å². The van der Waals surface area contributed by atoms with Gasteiger partial charge in [0, 0.05) is 12.0 Å². The summed E-state index contributed by atoms with van der Waals surface area (Å²) in [7, 11) is 0. The van der Waals surface area contributed by atoms with E-state index in [4.69, 9.17) is 11.6 Å². The van der Waals surface area contributed by atoms with Crippen LogP contribution < -0.4 is 0 Å². The molecule has 0 atom stereocenters. The van der Waals surface area contributed by atoms with Crippen molar-refractivity contribution in [2.45, 2.75) is 20.3 Å². The lowest BCUT2D eigenvalue weighted by molar-refractivity contribution is 0.475. The number of rotatable bonds is 3. The molecule has 2 aromatic rings. The molecule has 1 aromatic carbocycles. The molecule has 0 aliphatic carbocycles. The Labute approximate surface area is 105 Å². The third-order valence-electron chi connectivity index (χ3n) is 2.34. The van der Waals surface area contributed by atoms with Crippen LogP contribution in [0.1, 0.15) is 19.7 Å². The summed E-state index contributed by atoms with van der Waals surface area (Å²) >= 11 is 5.84. The second-order valence-corrected chi connectivity index (χ2v) is 4.78. The molecule has 1 aromatic heterocycles. The maximum absolute atomic E-state index is 9.33. The summed E-state index contributed by atoms with van der Waals surface area (Å²) in [5.41, 5.74) is 0.791. The number of nitrogens with one attached hydrogen (secondary N) is 1. The van der Waals surface area contributed by atoms with Gasteiger partial charge in [0.25, 0.3) is 0 Å². The lowest BCUT2D eigenvalue weighted by Gasteiger charge is -1.99. The normalized spacial score (nSPS) is 11.1. The zero-order valence-corrected chi connectivity index (χ0v) is 10.5. The van der Waals surface area contributed by atoms with Gasteiger partial charge in [-0.2, -0.15) is 5.10 Å². The van der Waals surface area contributed by atoms with Gasteiger partial charge in [0.2, 0.25) is 0 Å². The van der Waals surface area contributed by atoms with Crippen LogP contribution in [0.3, 0.4) is 0 Å². The molecule has 0 aliphatic rings. The molecule has 5 heteroatoms. The summed E-state index contributed by atoms with van der Waals surface area (Å²) in [6, 6.07) is 4.93. The van der Waals surface area contributed by atoms with E-state index < -0.39 is 0 Å². The largest absolute Gasteiger partial charge is 0.506 e. The van der Waals surface area contributed by atoms with E-state index in [1.165, 1.54) is 6.07 Å². The number of H-pyrrole nitrogens is 1. The molecular formula is C12H14ClN3O. The van der Waals surface area contributed by atoms with Gasteiger partial charge in [-0.05, 0) is 24.1 Å². The summed E-state index contributed by atoms with van der Waals surface area (Å²) in [5.74, 6) is 2.05. The summed E-state index contributed by atoms with van der Waals surface area (Å²) in [4.78, 5) is 4.38. The van der Waals surface area contributed by atoms with Crippen molar-refractivity contribution < 1.29 is 5.11 Å². The van der Waals surface area contributed by atoms with Gasteiger partial charge in [-0.3, -0.25) is 5.10 Å². The fourth-order valence-corrected chi connectivity index (χ4v) is 1.73. The average molecular weight is 252 g/mol. The van der Waals surface area contributed by atoms with E-state index in [1.807, 2.05) is 0 Å². The minimum atomic E-state index is 0.0633. The monoisotopic (exact) mass is 251 g/mol. The Bertz CT molecular complexity index is 522. The molecule has 4 nitrogen and oxygen atoms in total. The average Bonchev–Trinajstić information content (AvgIpc) is 2.69. The first-order chi connectivity index (χ1) is 8.06. The molecule has 0 spiro atoms. The van der Waals surface area contributed by atoms with Crippen LogP contribution >= 0.6 is 11.6 Å². The van der Waals surface area contributed by atoms with Crippen LogP contribution in [0, 0.1) is 5.92 Å². The number of halogens is 1. The Kier molecular flexibility index (Phi) is 3.33. The molecule has 17 heavy (non-hydrogen) atoms. The third-order valence-corrected chi connectivity index (χ3v) is 2.64. The number of phenolic OH excluding ortho intramolecular Hbond substituents is 1. The van der Waals surface area contributed by atoms with E-state index in [-0.39, 0.29) is 5.75 Å². The van der Waals surface area contributed by atoms with Gasteiger partial charge in [0.05, 0.1) is 5.02 Å². The number of hydrogen-bond acceptors (Lipinski definition) is 3. The van der Waals surface area contributed by atoms with E-state index in [0.717, 1.165) is 17.8 Å². The van der Waals surface area contributed by atoms with E-state index in [2.05, 4.69) is 29.0 Å². The maximum atomic E-state index is 9.33. The summed E-state index contributed by atoms with van der Waals surface area (Å²) < 4.78 is 0. The van der Waals surface area contributed by atoms with Crippen molar-refractivity contribution in [3.63, 3.8) is 0 Å². The van der Waals surface area contributed by atoms with E-state index in [0.29, 0.717) is 16.8 Å². The van der Waals surface area contributed by atoms with Crippen molar-refractivity contribution >= 4 is 11.6 Å². The van der Waals surface area contributed by atoms with Crippen LogP contribution in [0.15, 0.2) is 18.2 Å². The summed E-state index contributed by atoms with van der Waals surface area (Å²) in [5, 5.41) is 16.7. The zero-order chi connectivity index (χ0) is 12.4. The molecule has 0 saturated carbocycles. The Balaban J connectivity index is 2.27. The molecule has 2 rings (SSSR count). The van der Waals surface area contributed by atoms with Crippen LogP contribution in [0.2, 0.25) is 5.02 Å². The van der Waals surface area contributed by atoms with E-state index >= 15 is 0 Å². The van der Waals surface area contributed by atoms with Crippen molar-refractivity contribution in [2.75, 3.05) is 0 Å². The van der Waals surface area contributed by atoms with Gasteiger partial charge < -0.3 is 5.11 Å². The van der Waals surface area contributed by atoms with Crippen LogP contribution in [0.4, 0.5) is 0 Å². The highest BCUT2D eigenvalue weighted by Crippen LogP contribution is 2.27. The van der Waals surface area contributed by atoms with Gasteiger partial charge in [-0.1, -0.05) is 25.4 Å². The van der Waals surface area contributed by atoms with Gasteiger partial charge in [-0.15, -0.1) is 0 Å². The van der Waals surface area contributed by atoms with Gasteiger partial charge in [0.1, 0.15) is 11.6 Å². The second kappa shape index (κ2) is 4.75. The quantitative estimate of drug-likeness (QED) is 0.881. The van der Waals surface area contributed by atoms with Crippen molar-refractivity contribution in [3.8, 4) is 17.1 Å².